The normalized spacial score (nSPS) is 10.5. The zero-order chi connectivity index (χ0) is 18.9. The quantitative estimate of drug-likeness (QED) is 0.692. The topological polar surface area (TPSA) is 59.5 Å². The second-order valence-electron chi connectivity index (χ2n) is 6.19. The van der Waals surface area contributed by atoms with Gasteiger partial charge in [-0.1, -0.05) is 19.9 Å². The molecule has 26 heavy (non-hydrogen) atoms. The van der Waals surface area contributed by atoms with Gasteiger partial charge < -0.3 is 19.7 Å². The standard InChI is InChI=1S/C20H30N4O2/c1-6-10-24(11-7-2)20-13-19(22-15(3)23-20)21-14-16-8-9-17(25-4)18(12-16)26-5/h8-9,12-13H,6-7,10-11,14H2,1-5H3,(H,21,22,23). The molecule has 1 heterocycles. The molecule has 6 heteroatoms. The van der Waals surface area contributed by atoms with Gasteiger partial charge in [0.05, 0.1) is 14.2 Å². The summed E-state index contributed by atoms with van der Waals surface area (Å²) in [6.07, 6.45) is 2.19. The molecule has 0 radical (unpaired) electrons. The van der Waals surface area contributed by atoms with Gasteiger partial charge in [-0.15, -0.1) is 0 Å². The summed E-state index contributed by atoms with van der Waals surface area (Å²) in [5, 5.41) is 3.40. The minimum Gasteiger partial charge on any atom is -0.493 e. The maximum Gasteiger partial charge on any atom is 0.161 e. The molecule has 1 aromatic heterocycles. The predicted octanol–water partition coefficient (Wildman–Crippen LogP) is 4.04. The number of ether oxygens (including phenoxy) is 2. The van der Waals surface area contributed by atoms with Gasteiger partial charge in [0.25, 0.3) is 0 Å². The number of methoxy groups -OCH3 is 2. The maximum absolute atomic E-state index is 5.37. The van der Waals surface area contributed by atoms with E-state index in [0.717, 1.165) is 60.5 Å². The van der Waals surface area contributed by atoms with Gasteiger partial charge in [-0.3, -0.25) is 0 Å². The van der Waals surface area contributed by atoms with Crippen LogP contribution in [0.3, 0.4) is 0 Å². The highest BCUT2D eigenvalue weighted by atomic mass is 16.5. The van der Waals surface area contributed by atoms with Gasteiger partial charge in [0.2, 0.25) is 0 Å². The number of nitrogens with zero attached hydrogens (tertiary/aromatic N) is 3. The molecule has 0 aliphatic carbocycles. The van der Waals surface area contributed by atoms with Crippen LogP contribution in [0.25, 0.3) is 0 Å². The Morgan fingerprint density at radius 1 is 0.962 bits per heavy atom. The largest absolute Gasteiger partial charge is 0.493 e. The van der Waals surface area contributed by atoms with Crippen molar-refractivity contribution in [1.82, 2.24) is 9.97 Å². The van der Waals surface area contributed by atoms with Crippen molar-refractivity contribution in [2.45, 2.75) is 40.2 Å². The number of rotatable bonds is 10. The molecule has 0 aliphatic heterocycles. The molecule has 0 atom stereocenters. The van der Waals surface area contributed by atoms with E-state index in [1.165, 1.54) is 0 Å². The van der Waals surface area contributed by atoms with E-state index < -0.39 is 0 Å². The summed E-state index contributed by atoms with van der Waals surface area (Å²) in [7, 11) is 3.28. The van der Waals surface area contributed by atoms with Gasteiger partial charge >= 0.3 is 0 Å². The Morgan fingerprint density at radius 2 is 1.65 bits per heavy atom. The lowest BCUT2D eigenvalue weighted by Gasteiger charge is -2.23. The Labute approximate surface area is 156 Å². The van der Waals surface area contributed by atoms with Crippen LogP contribution in [0.1, 0.15) is 38.1 Å². The Hall–Kier alpha value is -2.50. The fraction of sp³-hybridized carbons (Fsp3) is 0.500. The zero-order valence-corrected chi connectivity index (χ0v) is 16.5. The number of aryl methyl sites for hydroxylation is 1. The summed E-state index contributed by atoms with van der Waals surface area (Å²) in [5.41, 5.74) is 1.10. The Balaban J connectivity index is 2.14. The third kappa shape index (κ3) is 5.25. The smallest absolute Gasteiger partial charge is 0.161 e. The molecular formula is C20H30N4O2. The van der Waals surface area contributed by atoms with Gasteiger partial charge in [-0.25, -0.2) is 9.97 Å². The van der Waals surface area contributed by atoms with Crippen molar-refractivity contribution in [3.05, 3.63) is 35.7 Å². The monoisotopic (exact) mass is 358 g/mol. The third-order valence-electron chi connectivity index (χ3n) is 4.06. The molecule has 2 rings (SSSR count). The van der Waals surface area contributed by atoms with E-state index >= 15 is 0 Å². The van der Waals surface area contributed by atoms with E-state index in [1.54, 1.807) is 14.2 Å². The summed E-state index contributed by atoms with van der Waals surface area (Å²) in [5.74, 6) is 4.04. The lowest BCUT2D eigenvalue weighted by atomic mass is 10.2. The van der Waals surface area contributed by atoms with Gasteiger partial charge in [0, 0.05) is 25.7 Å². The molecule has 0 saturated carbocycles. The minimum atomic E-state index is 0.651. The Bertz CT molecular complexity index is 700. The highest BCUT2D eigenvalue weighted by Gasteiger charge is 2.10. The van der Waals surface area contributed by atoms with Gasteiger partial charge in [-0.2, -0.15) is 0 Å². The van der Waals surface area contributed by atoms with Gasteiger partial charge in [0.15, 0.2) is 11.5 Å². The molecular weight excluding hydrogens is 328 g/mol. The zero-order valence-electron chi connectivity index (χ0n) is 16.5. The average molecular weight is 358 g/mol. The Morgan fingerprint density at radius 3 is 2.27 bits per heavy atom. The van der Waals surface area contributed by atoms with Crippen LogP contribution in [0, 0.1) is 6.92 Å². The van der Waals surface area contributed by atoms with Crippen molar-refractivity contribution in [3.63, 3.8) is 0 Å². The van der Waals surface area contributed by atoms with E-state index in [0.29, 0.717) is 6.54 Å². The van der Waals surface area contributed by atoms with E-state index in [9.17, 15) is 0 Å². The molecule has 1 N–H and O–H groups in total. The molecule has 0 aliphatic rings. The van der Waals surface area contributed by atoms with Gasteiger partial charge in [0.1, 0.15) is 17.5 Å². The molecule has 0 fully saturated rings. The second-order valence-corrected chi connectivity index (χ2v) is 6.19. The Kier molecular flexibility index (Phi) is 7.51. The number of anilines is 2. The second kappa shape index (κ2) is 9.85. The first-order chi connectivity index (χ1) is 12.6. The molecule has 0 saturated heterocycles. The molecule has 2 aromatic rings. The molecule has 0 bridgehead atoms. The molecule has 0 unspecified atom stereocenters. The average Bonchev–Trinajstić information content (AvgIpc) is 2.65. The van der Waals surface area contributed by atoms with Crippen molar-refractivity contribution in [1.29, 1.82) is 0 Å². The highest BCUT2D eigenvalue weighted by molar-refractivity contribution is 5.50. The summed E-state index contributed by atoms with van der Waals surface area (Å²) in [4.78, 5) is 11.5. The van der Waals surface area contributed by atoms with E-state index in [2.05, 4.69) is 34.0 Å². The van der Waals surface area contributed by atoms with E-state index in [-0.39, 0.29) is 0 Å². The maximum atomic E-state index is 5.37. The summed E-state index contributed by atoms with van der Waals surface area (Å²) in [6.45, 7) is 8.96. The van der Waals surface area contributed by atoms with E-state index in [1.807, 2.05) is 31.2 Å². The van der Waals surface area contributed by atoms with Crippen LogP contribution in [-0.4, -0.2) is 37.3 Å². The van der Waals surface area contributed by atoms with Crippen molar-refractivity contribution in [3.8, 4) is 11.5 Å². The third-order valence-corrected chi connectivity index (χ3v) is 4.06. The highest BCUT2D eigenvalue weighted by Crippen LogP contribution is 2.28. The minimum absolute atomic E-state index is 0.651. The number of benzene rings is 1. The van der Waals surface area contributed by atoms with Crippen LogP contribution in [0.4, 0.5) is 11.6 Å². The van der Waals surface area contributed by atoms with Crippen LogP contribution in [0.2, 0.25) is 0 Å². The van der Waals surface area contributed by atoms with Crippen molar-refractivity contribution in [2.24, 2.45) is 0 Å². The van der Waals surface area contributed by atoms with Crippen LogP contribution >= 0.6 is 0 Å². The van der Waals surface area contributed by atoms with Crippen molar-refractivity contribution < 1.29 is 9.47 Å². The molecule has 1 aromatic carbocycles. The molecule has 0 spiro atoms. The predicted molar refractivity (Wildman–Crippen MR) is 106 cm³/mol. The van der Waals surface area contributed by atoms with Crippen LogP contribution in [0.15, 0.2) is 24.3 Å². The van der Waals surface area contributed by atoms with Crippen molar-refractivity contribution in [2.75, 3.05) is 37.5 Å². The number of nitrogens with one attached hydrogen (secondary N) is 1. The van der Waals surface area contributed by atoms with Gasteiger partial charge in [-0.05, 0) is 37.5 Å². The van der Waals surface area contributed by atoms with Crippen LogP contribution in [-0.2, 0) is 6.54 Å². The first-order valence-corrected chi connectivity index (χ1v) is 9.16. The first kappa shape index (κ1) is 19.8. The lowest BCUT2D eigenvalue weighted by molar-refractivity contribution is 0.354. The van der Waals surface area contributed by atoms with E-state index in [4.69, 9.17) is 9.47 Å². The molecule has 6 nitrogen and oxygen atoms in total. The van der Waals surface area contributed by atoms with Crippen LogP contribution < -0.4 is 19.7 Å². The number of hydrogen-bond acceptors (Lipinski definition) is 6. The SMILES string of the molecule is CCCN(CCC)c1cc(NCc2ccc(OC)c(OC)c2)nc(C)n1. The summed E-state index contributed by atoms with van der Waals surface area (Å²) < 4.78 is 10.7. The first-order valence-electron chi connectivity index (χ1n) is 9.16. The molecule has 0 amide bonds. The number of aromatic nitrogens is 2. The molecule has 142 valence electrons. The van der Waals surface area contributed by atoms with Crippen molar-refractivity contribution >= 4 is 11.6 Å². The summed E-state index contributed by atoms with van der Waals surface area (Å²) >= 11 is 0. The summed E-state index contributed by atoms with van der Waals surface area (Å²) in [6, 6.07) is 7.93. The lowest BCUT2D eigenvalue weighted by Crippen LogP contribution is -2.26. The fourth-order valence-corrected chi connectivity index (χ4v) is 2.87. The fourth-order valence-electron chi connectivity index (χ4n) is 2.87. The van der Waals surface area contributed by atoms with Crippen LogP contribution in [0.5, 0.6) is 11.5 Å². The number of hydrogen-bond donors (Lipinski definition) is 1.